The number of rotatable bonds is 3. The van der Waals surface area contributed by atoms with Gasteiger partial charge in [0.15, 0.2) is 0 Å². The van der Waals surface area contributed by atoms with Gasteiger partial charge in [-0.3, -0.25) is 0 Å². The van der Waals surface area contributed by atoms with Gasteiger partial charge < -0.3 is 14.5 Å². The molecule has 124 valence electrons. The summed E-state index contributed by atoms with van der Waals surface area (Å²) in [6, 6.07) is 7.38. The molecule has 1 aromatic rings. The predicted molar refractivity (Wildman–Crippen MR) is 92.3 cm³/mol. The van der Waals surface area contributed by atoms with Crippen LogP contribution in [0.25, 0.3) is 6.08 Å². The second-order valence-corrected chi connectivity index (χ2v) is 7.19. The third-order valence-electron chi connectivity index (χ3n) is 4.65. The molecule has 2 aliphatic heterocycles. The minimum absolute atomic E-state index is 0.0322. The third kappa shape index (κ3) is 4.14. The van der Waals surface area contributed by atoms with Crippen LogP contribution >= 0.6 is 11.6 Å². The van der Waals surface area contributed by atoms with E-state index < -0.39 is 0 Å². The van der Waals surface area contributed by atoms with Crippen molar-refractivity contribution >= 4 is 23.6 Å². The first kappa shape index (κ1) is 16.5. The Balaban J connectivity index is 1.62. The third-order valence-corrected chi connectivity index (χ3v) is 4.90. The highest BCUT2D eigenvalue weighted by Gasteiger charge is 2.42. The minimum Gasteiger partial charge on any atom is -0.458 e. The van der Waals surface area contributed by atoms with Crippen molar-refractivity contribution in [3.05, 3.63) is 40.9 Å². The smallest absolute Gasteiger partial charge is 0.331 e. The van der Waals surface area contributed by atoms with Crippen molar-refractivity contribution in [1.82, 2.24) is 9.80 Å². The lowest BCUT2D eigenvalue weighted by Gasteiger charge is -2.48. The quantitative estimate of drug-likeness (QED) is 0.627. The molecule has 0 aliphatic carbocycles. The molecule has 0 amide bonds. The van der Waals surface area contributed by atoms with E-state index >= 15 is 0 Å². The number of halogens is 1. The molecule has 0 atom stereocenters. The van der Waals surface area contributed by atoms with Crippen molar-refractivity contribution in [2.75, 3.05) is 40.3 Å². The first-order valence-electron chi connectivity index (χ1n) is 8.02. The molecule has 2 heterocycles. The monoisotopic (exact) mass is 334 g/mol. The molecule has 0 aromatic heterocycles. The number of hydrogen-bond acceptors (Lipinski definition) is 4. The molecule has 0 radical (unpaired) electrons. The molecule has 3 rings (SSSR count). The Kier molecular flexibility index (Phi) is 5.05. The Hall–Kier alpha value is -1.36. The van der Waals surface area contributed by atoms with Gasteiger partial charge in [-0.25, -0.2) is 4.79 Å². The predicted octanol–water partition coefficient (Wildman–Crippen LogP) is 2.39. The van der Waals surface area contributed by atoms with Gasteiger partial charge in [-0.2, -0.15) is 0 Å². The molecule has 1 aromatic carbocycles. The van der Waals surface area contributed by atoms with Crippen LogP contribution in [0.15, 0.2) is 30.3 Å². The molecule has 2 fully saturated rings. The summed E-state index contributed by atoms with van der Waals surface area (Å²) >= 11 is 5.86. The van der Waals surface area contributed by atoms with Crippen molar-refractivity contribution < 1.29 is 9.53 Å². The number of likely N-dealkylation sites (tertiary alicyclic amines) is 2. The first-order valence-corrected chi connectivity index (χ1v) is 8.40. The topological polar surface area (TPSA) is 32.8 Å². The average Bonchev–Trinajstić information content (AvgIpc) is 2.48. The first-order chi connectivity index (χ1) is 11.0. The number of benzene rings is 1. The zero-order valence-electron chi connectivity index (χ0n) is 13.6. The van der Waals surface area contributed by atoms with Crippen molar-refractivity contribution in [3.8, 4) is 0 Å². The molecular formula is C18H23ClN2O2. The van der Waals surface area contributed by atoms with Gasteiger partial charge in [0.1, 0.15) is 6.10 Å². The van der Waals surface area contributed by atoms with Crippen molar-refractivity contribution in [3.63, 3.8) is 0 Å². The molecule has 2 bridgehead atoms. The number of nitrogens with zero attached hydrogens (tertiary/aromatic N) is 2. The van der Waals surface area contributed by atoms with Crippen LogP contribution in [0.2, 0.25) is 5.02 Å². The Morgan fingerprint density at radius 1 is 1.09 bits per heavy atom. The molecule has 0 spiro atoms. The maximum absolute atomic E-state index is 12.2. The van der Waals surface area contributed by atoms with Crippen LogP contribution < -0.4 is 0 Å². The molecule has 0 unspecified atom stereocenters. The van der Waals surface area contributed by atoms with Crippen LogP contribution in [-0.4, -0.2) is 62.1 Å². The largest absolute Gasteiger partial charge is 0.458 e. The SMILES string of the molecule is CN1CC2CN(C)CC(C1)C2OC(=O)C=Cc1ccc(Cl)cc1. The van der Waals surface area contributed by atoms with E-state index in [-0.39, 0.29) is 12.1 Å². The van der Waals surface area contributed by atoms with E-state index in [0.717, 1.165) is 31.7 Å². The Morgan fingerprint density at radius 2 is 1.61 bits per heavy atom. The number of carbonyl (C=O) groups excluding carboxylic acids is 1. The van der Waals surface area contributed by atoms with Crippen LogP contribution in [0.3, 0.4) is 0 Å². The zero-order chi connectivity index (χ0) is 16.4. The molecule has 23 heavy (non-hydrogen) atoms. The Labute approximate surface area is 142 Å². The summed E-state index contributed by atoms with van der Waals surface area (Å²) in [5.74, 6) is 0.532. The van der Waals surface area contributed by atoms with E-state index in [9.17, 15) is 4.79 Å². The van der Waals surface area contributed by atoms with E-state index in [1.807, 2.05) is 24.3 Å². The van der Waals surface area contributed by atoms with E-state index in [2.05, 4.69) is 23.9 Å². The molecule has 5 heteroatoms. The van der Waals surface area contributed by atoms with E-state index in [1.54, 1.807) is 6.08 Å². The maximum atomic E-state index is 12.2. The fraction of sp³-hybridized carbons (Fsp3) is 0.500. The second kappa shape index (κ2) is 7.04. The second-order valence-electron chi connectivity index (χ2n) is 6.75. The summed E-state index contributed by atoms with van der Waals surface area (Å²) in [6.45, 7) is 3.94. The van der Waals surface area contributed by atoms with Gasteiger partial charge in [0.2, 0.25) is 0 Å². The standard InChI is InChI=1S/C18H23ClN2O2/c1-20-9-14-11-21(2)12-15(10-20)18(14)23-17(22)8-5-13-3-6-16(19)7-4-13/h3-8,14-15,18H,9-12H2,1-2H3. The van der Waals surface area contributed by atoms with Gasteiger partial charge in [0.25, 0.3) is 0 Å². The fourth-order valence-electron chi connectivity index (χ4n) is 3.77. The van der Waals surface area contributed by atoms with Crippen molar-refractivity contribution in [2.45, 2.75) is 6.10 Å². The number of fused-ring (bicyclic) bond motifs is 2. The summed E-state index contributed by atoms with van der Waals surface area (Å²) in [4.78, 5) is 16.9. The molecule has 0 N–H and O–H groups in total. The van der Waals surface area contributed by atoms with Crippen LogP contribution in [0, 0.1) is 11.8 Å². The van der Waals surface area contributed by atoms with E-state index in [0.29, 0.717) is 16.9 Å². The molecule has 2 aliphatic rings. The van der Waals surface area contributed by atoms with E-state index in [1.165, 1.54) is 6.08 Å². The Bertz CT molecular complexity index is 557. The number of carbonyl (C=O) groups is 1. The van der Waals surface area contributed by atoms with Gasteiger partial charge in [-0.05, 0) is 37.9 Å². The summed E-state index contributed by atoms with van der Waals surface area (Å²) in [6.07, 6.45) is 3.32. The van der Waals surface area contributed by atoms with E-state index in [4.69, 9.17) is 16.3 Å². The molecule has 2 saturated heterocycles. The summed E-state index contributed by atoms with van der Waals surface area (Å²) in [5.41, 5.74) is 0.939. The summed E-state index contributed by atoms with van der Waals surface area (Å²) in [5, 5.41) is 0.688. The Morgan fingerprint density at radius 3 is 2.13 bits per heavy atom. The van der Waals surface area contributed by atoms with Gasteiger partial charge >= 0.3 is 5.97 Å². The normalized spacial score (nSPS) is 28.9. The fourth-order valence-corrected chi connectivity index (χ4v) is 3.90. The molecule has 4 nitrogen and oxygen atoms in total. The number of esters is 1. The van der Waals surface area contributed by atoms with Gasteiger partial charge in [-0.1, -0.05) is 23.7 Å². The number of hydrogen-bond donors (Lipinski definition) is 0. The van der Waals surface area contributed by atoms with Crippen LogP contribution in [-0.2, 0) is 9.53 Å². The van der Waals surface area contributed by atoms with Crippen LogP contribution in [0.5, 0.6) is 0 Å². The van der Waals surface area contributed by atoms with Crippen molar-refractivity contribution in [1.29, 1.82) is 0 Å². The molecule has 0 saturated carbocycles. The van der Waals surface area contributed by atoms with Gasteiger partial charge in [-0.15, -0.1) is 0 Å². The lowest BCUT2D eigenvalue weighted by Crippen LogP contribution is -2.59. The summed E-state index contributed by atoms with van der Waals surface area (Å²) in [7, 11) is 4.29. The minimum atomic E-state index is -0.256. The number of piperidine rings is 2. The zero-order valence-corrected chi connectivity index (χ0v) is 14.4. The highest BCUT2D eigenvalue weighted by molar-refractivity contribution is 6.30. The molecular weight excluding hydrogens is 312 g/mol. The highest BCUT2D eigenvalue weighted by Crippen LogP contribution is 2.30. The average molecular weight is 335 g/mol. The van der Waals surface area contributed by atoms with Crippen LogP contribution in [0.1, 0.15) is 5.56 Å². The lowest BCUT2D eigenvalue weighted by molar-refractivity contribution is -0.159. The van der Waals surface area contributed by atoms with Crippen molar-refractivity contribution in [2.24, 2.45) is 11.8 Å². The highest BCUT2D eigenvalue weighted by atomic mass is 35.5. The van der Waals surface area contributed by atoms with Gasteiger partial charge in [0, 0.05) is 49.1 Å². The van der Waals surface area contributed by atoms with Gasteiger partial charge in [0.05, 0.1) is 0 Å². The van der Waals surface area contributed by atoms with Crippen LogP contribution in [0.4, 0.5) is 0 Å². The summed E-state index contributed by atoms with van der Waals surface area (Å²) < 4.78 is 5.80. The maximum Gasteiger partial charge on any atom is 0.331 e. The lowest BCUT2D eigenvalue weighted by atomic mass is 9.82. The number of ether oxygens (including phenoxy) is 1.